The molecule has 150 valence electrons. The van der Waals surface area contributed by atoms with Gasteiger partial charge in [-0.15, -0.1) is 0 Å². The van der Waals surface area contributed by atoms with Crippen LogP contribution in [0.3, 0.4) is 0 Å². The molecule has 4 nitrogen and oxygen atoms in total. The molecule has 1 aromatic carbocycles. The van der Waals surface area contributed by atoms with Crippen molar-refractivity contribution in [1.82, 2.24) is 10.3 Å². The molecule has 0 spiro atoms. The van der Waals surface area contributed by atoms with Crippen LogP contribution in [0.25, 0.3) is 10.9 Å². The van der Waals surface area contributed by atoms with Crippen LogP contribution in [0.4, 0.5) is 4.79 Å². The third-order valence-corrected chi connectivity index (χ3v) is 11.2. The van der Waals surface area contributed by atoms with Crippen LogP contribution < -0.4 is 10.6 Å². The maximum Gasteiger partial charge on any atom is 0.407 e. The first-order valence-electron chi connectivity index (χ1n) is 10.2. The van der Waals surface area contributed by atoms with E-state index in [-0.39, 0.29) is 12.1 Å². The summed E-state index contributed by atoms with van der Waals surface area (Å²) >= 11 is 0. The molecule has 0 saturated heterocycles. The first-order valence-corrected chi connectivity index (χ1v) is 12.9. The third-order valence-electron chi connectivity index (χ3n) is 5.65. The largest absolute Gasteiger partial charge is 0.444 e. The summed E-state index contributed by atoms with van der Waals surface area (Å²) in [5, 5.41) is 5.77. The van der Waals surface area contributed by atoms with Crippen molar-refractivity contribution in [3.8, 4) is 0 Å². The van der Waals surface area contributed by atoms with E-state index in [2.05, 4.69) is 62.3 Å². The molecular formula is C22H36N2O2Si. The quantitative estimate of drug-likeness (QED) is 0.629. The van der Waals surface area contributed by atoms with Crippen LogP contribution in [0.2, 0.25) is 18.1 Å². The molecule has 0 fully saturated rings. The predicted molar refractivity (Wildman–Crippen MR) is 118 cm³/mol. The van der Waals surface area contributed by atoms with E-state index in [0.717, 1.165) is 6.42 Å². The molecule has 0 bridgehead atoms. The number of fused-ring (bicyclic) bond motifs is 1. The fourth-order valence-corrected chi connectivity index (χ4v) is 7.85. The van der Waals surface area contributed by atoms with Crippen molar-refractivity contribution in [2.45, 2.75) is 84.7 Å². The molecule has 2 aromatic rings. The van der Waals surface area contributed by atoms with Gasteiger partial charge in [0.15, 0.2) is 0 Å². The van der Waals surface area contributed by atoms with E-state index in [1.165, 1.54) is 39.9 Å². The van der Waals surface area contributed by atoms with Gasteiger partial charge >= 0.3 is 6.09 Å². The van der Waals surface area contributed by atoms with Crippen LogP contribution in [0.15, 0.2) is 24.3 Å². The number of amides is 1. The average Bonchev–Trinajstić information content (AvgIpc) is 2.94. The van der Waals surface area contributed by atoms with Gasteiger partial charge < -0.3 is 15.0 Å². The van der Waals surface area contributed by atoms with Gasteiger partial charge in [-0.1, -0.05) is 57.1 Å². The fourth-order valence-electron chi connectivity index (χ4n) is 4.01. The van der Waals surface area contributed by atoms with Crippen molar-refractivity contribution < 1.29 is 9.53 Å². The number of H-pyrrole nitrogens is 1. The highest BCUT2D eigenvalue weighted by molar-refractivity contribution is 6.91. The molecule has 1 atom stereocenters. The number of carbonyl (C=O) groups is 1. The molecule has 0 aliphatic rings. The van der Waals surface area contributed by atoms with Crippen molar-refractivity contribution >= 4 is 30.4 Å². The molecule has 0 radical (unpaired) electrons. The number of carbonyl (C=O) groups excluding carboxylic acids is 1. The molecule has 2 rings (SSSR count). The minimum absolute atomic E-state index is 0.00933. The van der Waals surface area contributed by atoms with Gasteiger partial charge in [0.25, 0.3) is 0 Å². The van der Waals surface area contributed by atoms with Crippen molar-refractivity contribution in [2.24, 2.45) is 0 Å². The summed E-state index contributed by atoms with van der Waals surface area (Å²) in [5.41, 5.74) is 2.11. The van der Waals surface area contributed by atoms with E-state index in [1.807, 2.05) is 20.8 Å². The Morgan fingerprint density at radius 1 is 1.15 bits per heavy atom. The first kappa shape index (κ1) is 21.5. The van der Waals surface area contributed by atoms with E-state index in [0.29, 0.717) is 0 Å². The molecule has 5 heteroatoms. The molecule has 1 aromatic heterocycles. The van der Waals surface area contributed by atoms with Crippen LogP contribution >= 0.6 is 0 Å². The van der Waals surface area contributed by atoms with Gasteiger partial charge in [-0.05, 0) is 45.7 Å². The molecule has 1 heterocycles. The summed E-state index contributed by atoms with van der Waals surface area (Å²) < 4.78 is 5.43. The zero-order valence-corrected chi connectivity index (χ0v) is 19.0. The topological polar surface area (TPSA) is 54.1 Å². The van der Waals surface area contributed by atoms with Gasteiger partial charge in [0.1, 0.15) is 13.7 Å². The number of ether oxygens (including phenoxy) is 1. The van der Waals surface area contributed by atoms with Gasteiger partial charge in [0.2, 0.25) is 0 Å². The lowest BCUT2D eigenvalue weighted by Gasteiger charge is -2.29. The summed E-state index contributed by atoms with van der Waals surface area (Å²) in [6.07, 6.45) is 0.467. The number of alkyl carbamates (subject to hydrolysis) is 1. The molecule has 0 saturated carbocycles. The van der Waals surface area contributed by atoms with Crippen molar-refractivity contribution in [3.05, 3.63) is 29.8 Å². The second kappa shape index (κ2) is 8.51. The summed E-state index contributed by atoms with van der Waals surface area (Å²) in [7, 11) is -1.57. The molecule has 1 amide bonds. The van der Waals surface area contributed by atoms with Crippen LogP contribution in [-0.4, -0.2) is 30.8 Å². The predicted octanol–water partition coefficient (Wildman–Crippen LogP) is 5.34. The summed E-state index contributed by atoms with van der Waals surface area (Å²) in [4.78, 5) is 16.0. The molecule has 27 heavy (non-hydrogen) atoms. The van der Waals surface area contributed by atoms with Crippen molar-refractivity contribution in [3.63, 3.8) is 0 Å². The smallest absolute Gasteiger partial charge is 0.407 e. The second-order valence-electron chi connectivity index (χ2n) is 8.62. The number of nitrogens with one attached hydrogen (secondary N) is 2. The van der Waals surface area contributed by atoms with E-state index in [9.17, 15) is 4.79 Å². The Balaban J connectivity index is 2.36. The van der Waals surface area contributed by atoms with E-state index >= 15 is 0 Å². The maximum atomic E-state index is 12.2. The highest BCUT2D eigenvalue weighted by atomic mass is 28.3. The van der Waals surface area contributed by atoms with Crippen LogP contribution in [0.5, 0.6) is 0 Å². The van der Waals surface area contributed by atoms with Crippen LogP contribution in [0.1, 0.15) is 54.0 Å². The molecular weight excluding hydrogens is 352 g/mol. The van der Waals surface area contributed by atoms with E-state index in [4.69, 9.17) is 4.74 Å². The van der Waals surface area contributed by atoms with Crippen LogP contribution in [-0.2, 0) is 11.2 Å². The first-order chi connectivity index (χ1) is 12.7. The van der Waals surface area contributed by atoms with Gasteiger partial charge in [-0.3, -0.25) is 0 Å². The zero-order chi connectivity index (χ0) is 20.2. The van der Waals surface area contributed by atoms with E-state index in [1.54, 1.807) is 0 Å². The van der Waals surface area contributed by atoms with E-state index < -0.39 is 13.7 Å². The molecule has 0 aliphatic heterocycles. The highest BCUT2D eigenvalue weighted by Crippen LogP contribution is 2.27. The Bertz CT molecular complexity index is 764. The number of benzene rings is 1. The summed E-state index contributed by atoms with van der Waals surface area (Å²) in [6, 6.07) is 12.2. The standard InChI is InChI=1S/C22H36N2O2Si/c1-8-27(9-2,10-3)20-18(17-13-11-12-14-19(17)24-20)15-16(4)23-21(25)26-22(5,6)7/h11-14,16,24H,8-10,15H2,1-7H3,(H,23,25)/t16-/m1/s1. The normalized spacial score (nSPS) is 13.6. The van der Waals surface area contributed by atoms with Gasteiger partial charge in [0, 0.05) is 22.3 Å². The Kier molecular flexibility index (Phi) is 6.79. The Hall–Kier alpha value is -1.75. The molecule has 0 aliphatic carbocycles. The molecule has 2 N–H and O–H groups in total. The molecule has 0 unspecified atom stereocenters. The van der Waals surface area contributed by atoms with Gasteiger partial charge in [-0.2, -0.15) is 0 Å². The monoisotopic (exact) mass is 388 g/mol. The minimum atomic E-state index is -1.57. The Morgan fingerprint density at radius 3 is 2.30 bits per heavy atom. The van der Waals surface area contributed by atoms with Crippen molar-refractivity contribution in [2.75, 3.05) is 0 Å². The number of hydrogen-bond donors (Lipinski definition) is 2. The maximum absolute atomic E-state index is 12.2. The minimum Gasteiger partial charge on any atom is -0.444 e. The highest BCUT2D eigenvalue weighted by Gasteiger charge is 2.34. The number of aromatic nitrogens is 1. The summed E-state index contributed by atoms with van der Waals surface area (Å²) in [6.45, 7) is 14.7. The summed E-state index contributed by atoms with van der Waals surface area (Å²) in [5.74, 6) is 0. The lowest BCUT2D eigenvalue weighted by molar-refractivity contribution is 0.0508. The number of rotatable bonds is 7. The third kappa shape index (κ3) is 4.95. The Labute approximate surface area is 165 Å². The average molecular weight is 389 g/mol. The van der Waals surface area contributed by atoms with Crippen molar-refractivity contribution in [1.29, 1.82) is 0 Å². The van der Waals surface area contributed by atoms with Gasteiger partial charge in [-0.25, -0.2) is 4.79 Å². The Morgan fingerprint density at radius 2 is 1.74 bits per heavy atom. The number of aromatic amines is 1. The zero-order valence-electron chi connectivity index (χ0n) is 18.0. The van der Waals surface area contributed by atoms with Gasteiger partial charge in [0.05, 0.1) is 0 Å². The number of para-hydroxylation sites is 1. The number of hydrogen-bond acceptors (Lipinski definition) is 2. The fraction of sp³-hybridized carbons (Fsp3) is 0.591. The lowest BCUT2D eigenvalue weighted by atomic mass is 10.1. The SMILES string of the molecule is CC[Si](CC)(CC)c1[nH]c2ccccc2c1C[C@@H](C)NC(=O)OC(C)(C)C. The lowest BCUT2D eigenvalue weighted by Crippen LogP contribution is -2.49. The second-order valence-corrected chi connectivity index (χ2v) is 13.8. The van der Waals surface area contributed by atoms with Crippen LogP contribution in [0, 0.1) is 0 Å².